The Labute approximate surface area is 165 Å². The molecule has 0 unspecified atom stereocenters. The van der Waals surface area contributed by atoms with Crippen molar-refractivity contribution in [2.45, 2.75) is 96.8 Å². The Morgan fingerprint density at radius 3 is 1.30 bits per heavy atom. The van der Waals surface area contributed by atoms with Crippen molar-refractivity contribution in [2.75, 3.05) is 6.61 Å². The molecule has 0 spiro atoms. The zero-order valence-electron chi connectivity index (χ0n) is 15.1. The smallest absolute Gasteiger partial charge is 0.726 e. The van der Waals surface area contributed by atoms with Crippen LogP contribution in [0.2, 0.25) is 0 Å². The van der Waals surface area contributed by atoms with E-state index in [0.717, 1.165) is 12.8 Å². The van der Waals surface area contributed by atoms with E-state index in [1.54, 1.807) is 0 Å². The van der Waals surface area contributed by atoms with E-state index >= 15 is 0 Å². The Balaban J connectivity index is -0.00000200. The maximum atomic E-state index is 10.2. The maximum absolute atomic E-state index is 10.2. The predicted octanol–water partition coefficient (Wildman–Crippen LogP) is 1.12. The van der Waals surface area contributed by atoms with Gasteiger partial charge < -0.3 is 10.0 Å². The van der Waals surface area contributed by atoms with Gasteiger partial charge in [0.25, 0.3) is 0 Å². The summed E-state index contributed by atoms with van der Waals surface area (Å²) in [5.74, 6) is 0. The van der Waals surface area contributed by atoms with Gasteiger partial charge in [0.05, 0.1) is 6.61 Å². The third-order valence-electron chi connectivity index (χ3n) is 3.73. The molecular weight excluding hydrogens is 327 g/mol. The van der Waals surface area contributed by atoms with E-state index in [1.165, 1.54) is 70.6 Å². The van der Waals surface area contributed by atoms with E-state index < -0.39 is 10.4 Å². The van der Waals surface area contributed by atoms with Crippen molar-refractivity contribution in [1.82, 2.24) is 0 Å². The summed E-state index contributed by atoms with van der Waals surface area (Å²) in [6.07, 6.45) is 17.4. The number of rotatable bonds is 16. The molecule has 0 aliphatic carbocycles. The molecule has 7 heteroatoms. The molecule has 0 aromatic carbocycles. The largest absolute Gasteiger partial charge is 1.00 e. The normalized spacial score (nSPS) is 10.9. The summed E-state index contributed by atoms with van der Waals surface area (Å²) in [4.78, 5) is 0. The molecule has 0 aromatic rings. The van der Waals surface area contributed by atoms with Gasteiger partial charge in [-0.2, -0.15) is 0 Å². The molecule has 0 aliphatic rings. The van der Waals surface area contributed by atoms with Gasteiger partial charge in [-0.3, -0.25) is 4.18 Å². The van der Waals surface area contributed by atoms with Crippen LogP contribution < -0.4 is 29.6 Å². The average Bonchev–Trinajstić information content (AvgIpc) is 2.42. The summed E-state index contributed by atoms with van der Waals surface area (Å²) in [7, 11) is -4.49. The zero-order valence-corrected chi connectivity index (χ0v) is 18.0. The van der Waals surface area contributed by atoms with Crippen molar-refractivity contribution in [3.05, 3.63) is 0 Å². The summed E-state index contributed by atoms with van der Waals surface area (Å²) in [5.41, 5.74) is 0. The third-order valence-corrected chi connectivity index (χ3v) is 4.18. The summed E-state index contributed by atoms with van der Waals surface area (Å²) in [6.45, 7) is 2.28. The zero-order chi connectivity index (χ0) is 15.8. The Morgan fingerprint density at radius 1 is 0.696 bits per heavy atom. The second-order valence-corrected chi connectivity index (χ2v) is 6.88. The summed E-state index contributed by atoms with van der Waals surface area (Å²) in [5, 5.41) is 0. The number of hydrogen-bond acceptors (Lipinski definition) is 4. The van der Waals surface area contributed by atoms with Crippen LogP contribution in [0.1, 0.15) is 96.8 Å². The van der Waals surface area contributed by atoms with Crippen LogP contribution in [0.3, 0.4) is 0 Å². The van der Waals surface area contributed by atoms with Gasteiger partial charge in [-0.15, -0.1) is 0 Å². The standard InChI is InChI=1S/C16H34O4S.Na.H2O/c1-2-3-4-5-6-7-8-9-10-11-12-13-14-15-16-20-21(17,18)19;;/h2-16H2,1H3,(H,17,18,19);;1H2/q;+1;/p-1. The van der Waals surface area contributed by atoms with Gasteiger partial charge in [0.1, 0.15) is 0 Å². The van der Waals surface area contributed by atoms with E-state index in [-0.39, 0.29) is 41.6 Å². The Morgan fingerprint density at radius 2 is 1.00 bits per heavy atom. The van der Waals surface area contributed by atoms with E-state index in [0.29, 0.717) is 6.42 Å². The first-order chi connectivity index (χ1) is 10.1. The molecule has 5 nitrogen and oxygen atoms in total. The van der Waals surface area contributed by atoms with Gasteiger partial charge >= 0.3 is 29.6 Å². The molecule has 23 heavy (non-hydrogen) atoms. The fourth-order valence-electron chi connectivity index (χ4n) is 2.46. The molecule has 0 saturated heterocycles. The number of hydrogen-bond donors (Lipinski definition) is 0. The molecule has 0 radical (unpaired) electrons. The molecule has 0 aromatic heterocycles. The molecule has 0 bridgehead atoms. The molecule has 136 valence electrons. The van der Waals surface area contributed by atoms with Crippen LogP contribution in [-0.4, -0.2) is 25.1 Å². The molecule has 0 fully saturated rings. The van der Waals surface area contributed by atoms with Crippen LogP contribution in [0, 0.1) is 0 Å². The summed E-state index contributed by atoms with van der Waals surface area (Å²) in [6, 6.07) is 0. The molecule has 2 N–H and O–H groups in total. The summed E-state index contributed by atoms with van der Waals surface area (Å²) < 4.78 is 34.7. The predicted molar refractivity (Wildman–Crippen MR) is 89.6 cm³/mol. The first kappa shape index (κ1) is 28.6. The van der Waals surface area contributed by atoms with Crippen LogP contribution in [0.25, 0.3) is 0 Å². The molecule has 0 aliphatic heterocycles. The third kappa shape index (κ3) is 27.9. The topological polar surface area (TPSA) is 97.9 Å². The minimum absolute atomic E-state index is 0. The Hall–Kier alpha value is 0.830. The van der Waals surface area contributed by atoms with Crippen molar-refractivity contribution in [1.29, 1.82) is 0 Å². The fourth-order valence-corrected chi connectivity index (χ4v) is 2.78. The van der Waals surface area contributed by atoms with E-state index in [1.807, 2.05) is 0 Å². The van der Waals surface area contributed by atoms with Crippen LogP contribution in [0.15, 0.2) is 0 Å². The Bertz CT molecular complexity index is 310. The molecule has 0 amide bonds. The first-order valence-electron chi connectivity index (χ1n) is 8.66. The monoisotopic (exact) mass is 362 g/mol. The van der Waals surface area contributed by atoms with Crippen molar-refractivity contribution in [3.8, 4) is 0 Å². The van der Waals surface area contributed by atoms with Gasteiger partial charge in [-0.1, -0.05) is 90.4 Å². The molecule has 0 rings (SSSR count). The molecule has 0 saturated carbocycles. The van der Waals surface area contributed by atoms with E-state index in [4.69, 9.17) is 0 Å². The van der Waals surface area contributed by atoms with Crippen molar-refractivity contribution in [3.63, 3.8) is 0 Å². The second kappa shape index (κ2) is 20.9. The molecular formula is C16H35NaO5S. The van der Waals surface area contributed by atoms with E-state index in [9.17, 15) is 13.0 Å². The van der Waals surface area contributed by atoms with E-state index in [2.05, 4.69) is 11.1 Å². The van der Waals surface area contributed by atoms with Crippen LogP contribution in [0.5, 0.6) is 0 Å². The minimum atomic E-state index is -4.49. The second-order valence-electron chi connectivity index (χ2n) is 5.83. The van der Waals surface area contributed by atoms with Crippen molar-refractivity contribution in [2.24, 2.45) is 0 Å². The van der Waals surface area contributed by atoms with Crippen LogP contribution >= 0.6 is 0 Å². The maximum Gasteiger partial charge on any atom is 1.00 e. The van der Waals surface area contributed by atoms with Crippen molar-refractivity contribution >= 4 is 10.4 Å². The average molecular weight is 363 g/mol. The van der Waals surface area contributed by atoms with Gasteiger partial charge in [-0.05, 0) is 6.42 Å². The SMILES string of the molecule is CCCCCCCCCCCCCCCCOS(=O)(=O)[O-].O.[Na+]. The van der Waals surface area contributed by atoms with Crippen LogP contribution in [-0.2, 0) is 14.6 Å². The number of unbranched alkanes of at least 4 members (excludes halogenated alkanes) is 13. The van der Waals surface area contributed by atoms with Gasteiger partial charge in [0, 0.05) is 0 Å². The Kier molecular flexibility index (Phi) is 26.0. The molecule has 0 heterocycles. The van der Waals surface area contributed by atoms with Gasteiger partial charge in [-0.25, -0.2) is 8.42 Å². The first-order valence-corrected chi connectivity index (χ1v) is 10.00. The van der Waals surface area contributed by atoms with Crippen LogP contribution in [0.4, 0.5) is 0 Å². The quantitative estimate of drug-likeness (QED) is 0.178. The fraction of sp³-hybridized carbons (Fsp3) is 1.00. The summed E-state index contributed by atoms with van der Waals surface area (Å²) >= 11 is 0. The molecule has 0 atom stereocenters. The van der Waals surface area contributed by atoms with Gasteiger partial charge in [0.15, 0.2) is 0 Å². The van der Waals surface area contributed by atoms with Gasteiger partial charge in [0.2, 0.25) is 10.4 Å². The minimum Gasteiger partial charge on any atom is -0.726 e. The van der Waals surface area contributed by atoms with Crippen molar-refractivity contribution < 1.29 is 52.2 Å².